The molecule has 0 aliphatic rings. The molecular weight excluding hydrogens is 258 g/mol. The molecule has 0 aromatic heterocycles. The van der Waals surface area contributed by atoms with E-state index >= 15 is 0 Å². The van der Waals surface area contributed by atoms with Crippen LogP contribution in [0.5, 0.6) is 0 Å². The van der Waals surface area contributed by atoms with Gasteiger partial charge in [-0.3, -0.25) is 4.79 Å². The number of hydrogen-bond acceptors (Lipinski definition) is 6. The summed E-state index contributed by atoms with van der Waals surface area (Å²) in [6.45, 7) is 4.20. The summed E-state index contributed by atoms with van der Waals surface area (Å²) in [5, 5.41) is 7.19. The molecule has 0 aliphatic carbocycles. The van der Waals surface area contributed by atoms with Crippen molar-refractivity contribution in [2.75, 3.05) is 25.6 Å². The minimum absolute atomic E-state index is 0.0386. The summed E-state index contributed by atoms with van der Waals surface area (Å²) in [6.07, 6.45) is 0.0201. The lowest BCUT2D eigenvalue weighted by molar-refractivity contribution is -0.144. The first-order chi connectivity index (χ1) is 8.49. The molecule has 0 bridgehead atoms. The van der Waals surface area contributed by atoms with Gasteiger partial charge in [0.2, 0.25) is 0 Å². The summed E-state index contributed by atoms with van der Waals surface area (Å²) in [6, 6.07) is 1.75. The molecule has 1 unspecified atom stereocenters. The Morgan fingerprint density at radius 3 is 2.50 bits per heavy atom. The van der Waals surface area contributed by atoms with Crippen LogP contribution in [0.25, 0.3) is 0 Å². The third-order valence-electron chi connectivity index (χ3n) is 2.24. The predicted molar refractivity (Wildman–Crippen MR) is 65.5 cm³/mol. The third-order valence-corrected chi connectivity index (χ3v) is 4.41. The molecule has 0 radical (unpaired) electrons. The third kappa shape index (κ3) is 5.98. The van der Waals surface area contributed by atoms with E-state index in [0.29, 0.717) is 6.61 Å². The molecule has 0 saturated carbocycles. The van der Waals surface area contributed by atoms with E-state index in [1.54, 1.807) is 13.0 Å². The summed E-state index contributed by atoms with van der Waals surface area (Å²) < 4.78 is 33.4. The number of hydrogen-bond donors (Lipinski definition) is 0. The van der Waals surface area contributed by atoms with Crippen molar-refractivity contribution in [1.29, 1.82) is 5.26 Å². The van der Waals surface area contributed by atoms with E-state index in [2.05, 4.69) is 0 Å². The van der Waals surface area contributed by atoms with Crippen LogP contribution in [0.1, 0.15) is 26.7 Å². The van der Waals surface area contributed by atoms with Gasteiger partial charge >= 0.3 is 5.97 Å². The highest BCUT2D eigenvalue weighted by molar-refractivity contribution is 7.92. The zero-order chi connectivity index (χ0) is 14.0. The van der Waals surface area contributed by atoms with Crippen LogP contribution in [-0.4, -0.2) is 45.2 Å². The van der Waals surface area contributed by atoms with Crippen molar-refractivity contribution in [3.63, 3.8) is 0 Å². The van der Waals surface area contributed by atoms with E-state index in [1.807, 2.05) is 6.92 Å². The standard InChI is InChI=1S/C11H19NO5S/c1-3-10(18(14,15)9-5-6-12)11(13)17-8-7-16-4-2/h10H,3-5,7-9H2,1-2H3. The van der Waals surface area contributed by atoms with Gasteiger partial charge in [-0.1, -0.05) is 6.92 Å². The Morgan fingerprint density at radius 2 is 2.00 bits per heavy atom. The Bertz CT molecular complexity index is 385. The minimum Gasteiger partial charge on any atom is -0.462 e. The Labute approximate surface area is 108 Å². The van der Waals surface area contributed by atoms with E-state index in [-0.39, 0.29) is 31.8 Å². The number of nitriles is 1. The van der Waals surface area contributed by atoms with Crippen LogP contribution in [0.4, 0.5) is 0 Å². The fourth-order valence-corrected chi connectivity index (χ4v) is 2.87. The van der Waals surface area contributed by atoms with Gasteiger partial charge in [0.05, 0.1) is 18.4 Å². The number of carbonyl (C=O) groups is 1. The van der Waals surface area contributed by atoms with E-state index in [1.165, 1.54) is 0 Å². The van der Waals surface area contributed by atoms with Crippen molar-refractivity contribution >= 4 is 15.8 Å². The second-order valence-electron chi connectivity index (χ2n) is 3.54. The molecule has 0 aliphatic heterocycles. The number of esters is 1. The molecule has 0 saturated heterocycles. The number of carbonyl (C=O) groups excluding carboxylic acids is 1. The molecular formula is C11H19NO5S. The fourth-order valence-electron chi connectivity index (χ4n) is 1.34. The first-order valence-electron chi connectivity index (χ1n) is 5.82. The van der Waals surface area contributed by atoms with Gasteiger partial charge < -0.3 is 9.47 Å². The average molecular weight is 277 g/mol. The molecule has 18 heavy (non-hydrogen) atoms. The number of ether oxygens (including phenoxy) is 2. The lowest BCUT2D eigenvalue weighted by atomic mass is 10.3. The summed E-state index contributed by atoms with van der Waals surface area (Å²) in [5.41, 5.74) is 0. The average Bonchev–Trinajstić information content (AvgIpc) is 2.32. The van der Waals surface area contributed by atoms with Crippen LogP contribution in [-0.2, 0) is 24.1 Å². The zero-order valence-corrected chi connectivity index (χ0v) is 11.5. The van der Waals surface area contributed by atoms with E-state index in [4.69, 9.17) is 14.7 Å². The van der Waals surface area contributed by atoms with Crippen LogP contribution in [0.3, 0.4) is 0 Å². The molecule has 7 heteroatoms. The van der Waals surface area contributed by atoms with Gasteiger partial charge in [-0.2, -0.15) is 5.26 Å². The van der Waals surface area contributed by atoms with E-state index in [0.717, 1.165) is 0 Å². The molecule has 1 atom stereocenters. The fraction of sp³-hybridized carbons (Fsp3) is 0.818. The van der Waals surface area contributed by atoms with Crippen molar-refractivity contribution in [1.82, 2.24) is 0 Å². The van der Waals surface area contributed by atoms with Crippen molar-refractivity contribution < 1.29 is 22.7 Å². The lowest BCUT2D eigenvalue weighted by Gasteiger charge is -2.14. The highest BCUT2D eigenvalue weighted by atomic mass is 32.2. The molecule has 0 rings (SSSR count). The van der Waals surface area contributed by atoms with Gasteiger partial charge in [-0.15, -0.1) is 0 Å². The first kappa shape index (κ1) is 16.9. The van der Waals surface area contributed by atoms with Crippen molar-refractivity contribution in [2.45, 2.75) is 31.9 Å². The Morgan fingerprint density at radius 1 is 1.33 bits per heavy atom. The van der Waals surface area contributed by atoms with Crippen LogP contribution < -0.4 is 0 Å². The monoisotopic (exact) mass is 277 g/mol. The molecule has 0 aromatic rings. The Kier molecular flexibility index (Phi) is 8.33. The smallest absolute Gasteiger partial charge is 0.324 e. The van der Waals surface area contributed by atoms with Gasteiger partial charge in [-0.05, 0) is 13.3 Å². The van der Waals surface area contributed by atoms with E-state index < -0.39 is 21.1 Å². The van der Waals surface area contributed by atoms with Crippen molar-refractivity contribution in [2.24, 2.45) is 0 Å². The second-order valence-corrected chi connectivity index (χ2v) is 5.84. The molecule has 0 amide bonds. The molecule has 104 valence electrons. The maximum atomic E-state index is 11.8. The van der Waals surface area contributed by atoms with Gasteiger partial charge in [-0.25, -0.2) is 8.42 Å². The maximum absolute atomic E-state index is 11.8. The van der Waals surface area contributed by atoms with Crippen LogP contribution in [0, 0.1) is 11.3 Å². The van der Waals surface area contributed by atoms with Gasteiger partial charge in [0, 0.05) is 13.0 Å². The van der Waals surface area contributed by atoms with E-state index in [9.17, 15) is 13.2 Å². The van der Waals surface area contributed by atoms with Crippen molar-refractivity contribution in [3.05, 3.63) is 0 Å². The van der Waals surface area contributed by atoms with Crippen LogP contribution in [0.15, 0.2) is 0 Å². The van der Waals surface area contributed by atoms with Crippen LogP contribution in [0.2, 0.25) is 0 Å². The second kappa shape index (κ2) is 8.89. The molecule has 6 nitrogen and oxygen atoms in total. The highest BCUT2D eigenvalue weighted by Crippen LogP contribution is 2.10. The Hall–Kier alpha value is -1.13. The molecule has 0 fully saturated rings. The topological polar surface area (TPSA) is 93.5 Å². The number of sulfone groups is 1. The number of nitrogens with zero attached hydrogens (tertiary/aromatic N) is 1. The van der Waals surface area contributed by atoms with Crippen molar-refractivity contribution in [3.8, 4) is 6.07 Å². The summed E-state index contributed by atoms with van der Waals surface area (Å²) in [7, 11) is -3.61. The number of rotatable bonds is 9. The molecule has 0 heterocycles. The quantitative estimate of drug-likeness (QED) is 0.454. The summed E-state index contributed by atoms with van der Waals surface area (Å²) in [5.74, 6) is -1.09. The summed E-state index contributed by atoms with van der Waals surface area (Å²) >= 11 is 0. The highest BCUT2D eigenvalue weighted by Gasteiger charge is 2.31. The van der Waals surface area contributed by atoms with Gasteiger partial charge in [0.15, 0.2) is 15.1 Å². The summed E-state index contributed by atoms with van der Waals surface area (Å²) in [4.78, 5) is 11.6. The lowest BCUT2D eigenvalue weighted by Crippen LogP contribution is -2.33. The van der Waals surface area contributed by atoms with Gasteiger partial charge in [0.25, 0.3) is 0 Å². The molecule has 0 spiro atoms. The first-order valence-corrected chi connectivity index (χ1v) is 7.54. The Balaban J connectivity index is 4.39. The zero-order valence-electron chi connectivity index (χ0n) is 10.7. The molecule has 0 aromatic carbocycles. The largest absolute Gasteiger partial charge is 0.462 e. The maximum Gasteiger partial charge on any atom is 0.324 e. The molecule has 0 N–H and O–H groups in total. The SMILES string of the molecule is CCOCCOC(=O)C(CC)S(=O)(=O)CCC#N. The normalized spacial score (nSPS) is 12.7. The van der Waals surface area contributed by atoms with Gasteiger partial charge in [0.1, 0.15) is 6.61 Å². The minimum atomic E-state index is -3.61. The van der Waals surface area contributed by atoms with Crippen LogP contribution >= 0.6 is 0 Å². The predicted octanol–water partition coefficient (Wildman–Crippen LogP) is 0.673.